The van der Waals surface area contributed by atoms with Gasteiger partial charge in [0.15, 0.2) is 0 Å². The third-order valence-electron chi connectivity index (χ3n) is 3.84. The van der Waals surface area contributed by atoms with Crippen LogP contribution < -0.4 is 4.74 Å². The number of carbonyl (C=O) groups is 1. The van der Waals surface area contributed by atoms with Crippen LogP contribution in [0.25, 0.3) is 0 Å². The lowest BCUT2D eigenvalue weighted by molar-refractivity contribution is -0.139. The van der Waals surface area contributed by atoms with Gasteiger partial charge in [-0.25, -0.2) is 4.79 Å². The SMILES string of the molecule is CCOC(=O)C1=C(C)Oc2ccc(Cl)cc2C1c1ccccc1. The number of hydrogen-bond donors (Lipinski definition) is 0. The first-order valence-electron chi connectivity index (χ1n) is 7.52. The van der Waals surface area contributed by atoms with Crippen LogP contribution in [-0.2, 0) is 9.53 Å². The van der Waals surface area contributed by atoms with E-state index >= 15 is 0 Å². The van der Waals surface area contributed by atoms with E-state index in [4.69, 9.17) is 21.1 Å². The van der Waals surface area contributed by atoms with E-state index in [0.717, 1.165) is 11.1 Å². The molecule has 0 saturated carbocycles. The Morgan fingerprint density at radius 2 is 1.96 bits per heavy atom. The summed E-state index contributed by atoms with van der Waals surface area (Å²) >= 11 is 6.17. The molecule has 1 aliphatic rings. The molecule has 4 heteroatoms. The van der Waals surface area contributed by atoms with Crippen LogP contribution >= 0.6 is 11.6 Å². The van der Waals surface area contributed by atoms with Crippen molar-refractivity contribution >= 4 is 17.6 Å². The molecule has 23 heavy (non-hydrogen) atoms. The number of carbonyl (C=O) groups excluding carboxylic acids is 1. The minimum absolute atomic E-state index is 0.252. The van der Waals surface area contributed by atoms with Crippen molar-refractivity contribution in [3.8, 4) is 5.75 Å². The van der Waals surface area contributed by atoms with Gasteiger partial charge in [-0.2, -0.15) is 0 Å². The minimum atomic E-state index is -0.357. The Morgan fingerprint density at radius 1 is 1.22 bits per heavy atom. The van der Waals surface area contributed by atoms with Crippen molar-refractivity contribution in [3.63, 3.8) is 0 Å². The molecule has 118 valence electrons. The molecule has 1 atom stereocenters. The molecule has 0 aromatic heterocycles. The summed E-state index contributed by atoms with van der Waals surface area (Å²) in [6.45, 7) is 3.90. The van der Waals surface area contributed by atoms with Gasteiger partial charge in [-0.3, -0.25) is 0 Å². The Hall–Kier alpha value is -2.26. The Bertz CT molecular complexity index is 765. The lowest BCUT2D eigenvalue weighted by atomic mass is 9.82. The van der Waals surface area contributed by atoms with Gasteiger partial charge in [0.25, 0.3) is 0 Å². The van der Waals surface area contributed by atoms with Gasteiger partial charge in [0, 0.05) is 16.5 Å². The van der Waals surface area contributed by atoms with E-state index in [-0.39, 0.29) is 11.9 Å². The number of benzene rings is 2. The van der Waals surface area contributed by atoms with Crippen LogP contribution in [0.3, 0.4) is 0 Å². The van der Waals surface area contributed by atoms with Gasteiger partial charge in [-0.15, -0.1) is 0 Å². The van der Waals surface area contributed by atoms with E-state index in [1.54, 1.807) is 19.9 Å². The van der Waals surface area contributed by atoms with Gasteiger partial charge in [-0.05, 0) is 37.6 Å². The summed E-state index contributed by atoms with van der Waals surface area (Å²) < 4.78 is 11.1. The van der Waals surface area contributed by atoms with Crippen LogP contribution in [0.15, 0.2) is 59.9 Å². The van der Waals surface area contributed by atoms with Crippen molar-refractivity contribution in [2.45, 2.75) is 19.8 Å². The molecule has 0 radical (unpaired) electrons. The number of allylic oxidation sites excluding steroid dienone is 1. The number of esters is 1. The highest BCUT2D eigenvalue weighted by atomic mass is 35.5. The fraction of sp³-hybridized carbons (Fsp3) is 0.211. The van der Waals surface area contributed by atoms with Gasteiger partial charge in [-0.1, -0.05) is 41.9 Å². The van der Waals surface area contributed by atoms with Gasteiger partial charge in [0.05, 0.1) is 12.2 Å². The number of halogens is 1. The van der Waals surface area contributed by atoms with Crippen LogP contribution in [0, 0.1) is 0 Å². The Kier molecular flexibility index (Phi) is 4.39. The van der Waals surface area contributed by atoms with Crippen LogP contribution in [0.1, 0.15) is 30.9 Å². The normalized spacial score (nSPS) is 16.6. The van der Waals surface area contributed by atoms with E-state index in [9.17, 15) is 4.79 Å². The number of fused-ring (bicyclic) bond motifs is 1. The highest BCUT2D eigenvalue weighted by Crippen LogP contribution is 2.44. The first-order chi connectivity index (χ1) is 11.1. The summed E-state index contributed by atoms with van der Waals surface area (Å²) in [5, 5.41) is 0.607. The van der Waals surface area contributed by atoms with Gasteiger partial charge in [0.2, 0.25) is 0 Å². The second kappa shape index (κ2) is 6.47. The maximum Gasteiger partial charge on any atom is 0.338 e. The lowest BCUT2D eigenvalue weighted by Gasteiger charge is -2.29. The van der Waals surface area contributed by atoms with Gasteiger partial charge >= 0.3 is 5.97 Å². The molecule has 2 aromatic carbocycles. The third kappa shape index (κ3) is 2.97. The molecular formula is C19H17ClO3. The van der Waals surface area contributed by atoms with Gasteiger partial charge < -0.3 is 9.47 Å². The van der Waals surface area contributed by atoms with Crippen molar-refractivity contribution in [2.75, 3.05) is 6.61 Å². The Morgan fingerprint density at radius 3 is 2.65 bits per heavy atom. The predicted octanol–water partition coefficient (Wildman–Crippen LogP) is 4.70. The highest BCUT2D eigenvalue weighted by Gasteiger charge is 2.34. The number of hydrogen-bond acceptors (Lipinski definition) is 3. The smallest absolute Gasteiger partial charge is 0.338 e. The summed E-state index contributed by atoms with van der Waals surface area (Å²) in [4.78, 5) is 12.5. The number of ether oxygens (including phenoxy) is 2. The molecule has 0 N–H and O–H groups in total. The second-order valence-electron chi connectivity index (χ2n) is 5.32. The second-order valence-corrected chi connectivity index (χ2v) is 5.75. The average molecular weight is 329 g/mol. The van der Waals surface area contributed by atoms with Crippen LogP contribution in [0.2, 0.25) is 5.02 Å². The molecule has 0 bridgehead atoms. The quantitative estimate of drug-likeness (QED) is 0.766. The summed E-state index contributed by atoms with van der Waals surface area (Å²) in [5.41, 5.74) is 2.40. The van der Waals surface area contributed by atoms with Crippen molar-refractivity contribution in [3.05, 3.63) is 76.0 Å². The van der Waals surface area contributed by atoms with E-state index in [1.807, 2.05) is 42.5 Å². The van der Waals surface area contributed by atoms with Gasteiger partial charge in [0.1, 0.15) is 11.5 Å². The molecule has 3 rings (SSSR count). The fourth-order valence-corrected chi connectivity index (χ4v) is 3.06. The van der Waals surface area contributed by atoms with Crippen molar-refractivity contribution in [2.24, 2.45) is 0 Å². The highest BCUT2D eigenvalue weighted by molar-refractivity contribution is 6.30. The van der Waals surface area contributed by atoms with E-state index in [1.165, 1.54) is 0 Å². The maximum absolute atomic E-state index is 12.5. The molecule has 3 nitrogen and oxygen atoms in total. The standard InChI is InChI=1S/C19H17ClO3/c1-3-22-19(21)17-12(2)23-16-10-9-14(20)11-15(16)18(17)13-7-5-4-6-8-13/h4-11,18H,3H2,1-2H3. The maximum atomic E-state index is 12.5. The molecule has 1 aliphatic heterocycles. The molecule has 1 heterocycles. The molecule has 0 saturated heterocycles. The van der Waals surface area contributed by atoms with Crippen LogP contribution in [0.4, 0.5) is 0 Å². The largest absolute Gasteiger partial charge is 0.463 e. The fourth-order valence-electron chi connectivity index (χ4n) is 2.88. The lowest BCUT2D eigenvalue weighted by Crippen LogP contribution is -2.23. The zero-order valence-electron chi connectivity index (χ0n) is 13.0. The molecule has 0 amide bonds. The molecule has 2 aromatic rings. The zero-order chi connectivity index (χ0) is 16.4. The summed E-state index contributed by atoms with van der Waals surface area (Å²) in [7, 11) is 0. The van der Waals surface area contributed by atoms with Crippen molar-refractivity contribution in [1.82, 2.24) is 0 Å². The summed E-state index contributed by atoms with van der Waals surface area (Å²) in [5.74, 6) is 0.670. The summed E-state index contributed by atoms with van der Waals surface area (Å²) in [6.07, 6.45) is 0. The molecule has 0 spiro atoms. The molecule has 0 aliphatic carbocycles. The van der Waals surface area contributed by atoms with E-state index in [0.29, 0.717) is 28.7 Å². The monoisotopic (exact) mass is 328 g/mol. The van der Waals surface area contributed by atoms with E-state index < -0.39 is 0 Å². The first-order valence-corrected chi connectivity index (χ1v) is 7.89. The minimum Gasteiger partial charge on any atom is -0.463 e. The number of rotatable bonds is 3. The van der Waals surface area contributed by atoms with Crippen molar-refractivity contribution < 1.29 is 14.3 Å². The topological polar surface area (TPSA) is 35.5 Å². The first kappa shape index (κ1) is 15.6. The zero-order valence-corrected chi connectivity index (χ0v) is 13.8. The van der Waals surface area contributed by atoms with Crippen molar-refractivity contribution in [1.29, 1.82) is 0 Å². The Balaban J connectivity index is 2.19. The average Bonchev–Trinajstić information content (AvgIpc) is 2.55. The third-order valence-corrected chi connectivity index (χ3v) is 4.08. The van der Waals surface area contributed by atoms with Crippen LogP contribution in [0.5, 0.6) is 5.75 Å². The van der Waals surface area contributed by atoms with E-state index in [2.05, 4.69) is 0 Å². The molecule has 1 unspecified atom stereocenters. The Labute approximate surface area is 140 Å². The summed E-state index contributed by atoms with van der Waals surface area (Å²) in [6, 6.07) is 15.3. The molecule has 0 fully saturated rings. The van der Waals surface area contributed by atoms with Crippen LogP contribution in [-0.4, -0.2) is 12.6 Å². The molecular weight excluding hydrogens is 312 g/mol. The predicted molar refractivity (Wildman–Crippen MR) is 89.7 cm³/mol.